The van der Waals surface area contributed by atoms with E-state index < -0.39 is 32.1 Å². The van der Waals surface area contributed by atoms with Gasteiger partial charge in [0.2, 0.25) is 5.95 Å². The molecule has 0 amide bonds. The molecule has 0 spiro atoms. The molecule has 0 aliphatic rings. The molecule has 2 rings (SSSR count). The van der Waals surface area contributed by atoms with Crippen molar-refractivity contribution < 1.29 is 37.9 Å². The minimum absolute atomic E-state index is 0.0598. The van der Waals surface area contributed by atoms with Gasteiger partial charge in [-0.15, -0.1) is 0 Å². The Balaban J connectivity index is 1.44. The number of fused-ring (bicyclic) bond motifs is 1. The Kier molecular flexibility index (Phi) is 17.5. The third kappa shape index (κ3) is 15.2. The number of hydrogen-bond acceptors (Lipinski definition) is 11. The Morgan fingerprint density at radius 2 is 1.62 bits per heavy atom. The van der Waals surface area contributed by atoms with Crippen LogP contribution in [0.4, 0.5) is 5.95 Å². The number of phosphoric acid groups is 1. The summed E-state index contributed by atoms with van der Waals surface area (Å²) in [5.41, 5.74) is 5.38. The molecule has 15 heteroatoms. The van der Waals surface area contributed by atoms with Crippen LogP contribution in [0.3, 0.4) is 0 Å². The quantitative estimate of drug-likeness (QED) is 0.0704. The van der Waals surface area contributed by atoms with E-state index in [1.807, 2.05) is 0 Å². The van der Waals surface area contributed by atoms with Gasteiger partial charge < -0.3 is 25.2 Å². The summed E-state index contributed by atoms with van der Waals surface area (Å²) in [5.74, 6) is -0.492. The Hall–Kier alpha value is -2.35. The van der Waals surface area contributed by atoms with Crippen LogP contribution in [0.25, 0.3) is 11.2 Å². The van der Waals surface area contributed by atoms with Gasteiger partial charge in [0.25, 0.3) is 5.56 Å². The van der Waals surface area contributed by atoms with Crippen molar-refractivity contribution in [1.82, 2.24) is 19.5 Å². The van der Waals surface area contributed by atoms with E-state index in [9.17, 15) is 24.2 Å². The summed E-state index contributed by atoms with van der Waals surface area (Å²) in [6.07, 6.45) is 16.1. The number of nitrogens with zero attached hydrogens (tertiary/aromatic N) is 3. The van der Waals surface area contributed by atoms with E-state index >= 15 is 0 Å². The number of H-pyrrole nitrogens is 1. The lowest BCUT2D eigenvalue weighted by Crippen LogP contribution is -2.23. The normalized spacial score (nSPS) is 13.8. The summed E-state index contributed by atoms with van der Waals surface area (Å²) < 4.78 is 33.4. The smallest absolute Gasteiger partial charge is 0.463 e. The molecule has 2 heterocycles. The third-order valence-electron chi connectivity index (χ3n) is 6.56. The van der Waals surface area contributed by atoms with Crippen LogP contribution in [0.2, 0.25) is 0 Å². The molecule has 0 aromatic carbocycles. The summed E-state index contributed by atoms with van der Waals surface area (Å²) in [6, 6.07) is 0. The van der Waals surface area contributed by atoms with Crippen LogP contribution >= 0.6 is 7.82 Å². The highest BCUT2D eigenvalue weighted by molar-refractivity contribution is 7.47. The van der Waals surface area contributed by atoms with E-state index in [1.54, 1.807) is 0 Å². The number of hydrogen-bond donors (Lipinski definition) is 4. The van der Waals surface area contributed by atoms with Crippen molar-refractivity contribution in [2.24, 2.45) is 0 Å². The van der Waals surface area contributed by atoms with Crippen molar-refractivity contribution >= 4 is 30.9 Å². The number of esters is 1. The highest BCUT2D eigenvalue weighted by atomic mass is 31.2. The highest BCUT2D eigenvalue weighted by Crippen LogP contribution is 2.43. The minimum Gasteiger partial charge on any atom is -0.463 e. The number of rotatable bonds is 25. The molecule has 0 fully saturated rings. The van der Waals surface area contributed by atoms with E-state index in [1.165, 1.54) is 75.1 Å². The van der Waals surface area contributed by atoms with Crippen molar-refractivity contribution in [3.8, 4) is 0 Å². The number of anilines is 1. The number of unbranched alkanes of at least 4 members (excludes halogenated alkanes) is 12. The van der Waals surface area contributed by atoms with Crippen LogP contribution < -0.4 is 11.3 Å². The predicted octanol–water partition coefficient (Wildman–Crippen LogP) is 4.19. The molecule has 1 unspecified atom stereocenters. The molecular weight excluding hydrogens is 569 g/mol. The molecule has 0 saturated heterocycles. The lowest BCUT2D eigenvalue weighted by Gasteiger charge is -2.15. The van der Waals surface area contributed by atoms with Crippen LogP contribution in [0.15, 0.2) is 11.1 Å². The summed E-state index contributed by atoms with van der Waals surface area (Å²) >= 11 is 0. The lowest BCUT2D eigenvalue weighted by molar-refractivity contribution is -0.147. The van der Waals surface area contributed by atoms with E-state index in [0.29, 0.717) is 0 Å². The molecule has 2 aromatic rings. The number of aromatic amines is 1. The first kappa shape index (κ1) is 35.8. The number of aromatic nitrogens is 4. The van der Waals surface area contributed by atoms with Gasteiger partial charge in [0, 0.05) is 6.42 Å². The Bertz CT molecular complexity index is 1140. The Morgan fingerprint density at radius 3 is 2.26 bits per heavy atom. The van der Waals surface area contributed by atoms with Crippen LogP contribution in [-0.2, 0) is 34.6 Å². The topological polar surface area (TPSA) is 201 Å². The second-order valence-electron chi connectivity index (χ2n) is 10.3. The number of nitrogen functional groups attached to an aromatic ring is 1. The number of carbonyl (C=O) groups is 1. The van der Waals surface area contributed by atoms with Crippen molar-refractivity contribution in [2.75, 3.05) is 32.2 Å². The van der Waals surface area contributed by atoms with E-state index in [-0.39, 0.29) is 50.1 Å². The SMILES string of the molecule is CCCCCCCCCCCCCCCC(=O)OC[C@@H](O)COP(=O)(O)OCCOCn1cnc2c(=O)[nH]c(N)nc21. The minimum atomic E-state index is -4.46. The van der Waals surface area contributed by atoms with E-state index in [4.69, 9.17) is 24.3 Å². The molecule has 0 aliphatic heterocycles. The fourth-order valence-corrected chi connectivity index (χ4v) is 4.99. The lowest BCUT2D eigenvalue weighted by atomic mass is 10.0. The maximum absolute atomic E-state index is 12.0. The Morgan fingerprint density at radius 1 is 1.00 bits per heavy atom. The monoisotopic (exact) mass is 617 g/mol. The van der Waals surface area contributed by atoms with E-state index in [2.05, 4.69) is 21.9 Å². The van der Waals surface area contributed by atoms with Gasteiger partial charge in [0.05, 0.1) is 26.1 Å². The molecule has 0 saturated carbocycles. The van der Waals surface area contributed by atoms with Crippen molar-refractivity contribution in [2.45, 2.75) is 110 Å². The van der Waals surface area contributed by atoms with Gasteiger partial charge in [-0.1, -0.05) is 84.0 Å². The van der Waals surface area contributed by atoms with Crippen LogP contribution in [0.5, 0.6) is 0 Å². The van der Waals surface area contributed by atoms with Gasteiger partial charge in [-0.05, 0) is 6.42 Å². The standard InChI is InChI=1S/C27H48N5O9P/c1-2-3-4-5-6-7-8-9-10-11-12-13-14-15-23(34)39-18-22(33)19-41-42(36,37)40-17-16-38-21-32-20-29-24-25(32)30-27(28)31-26(24)35/h20,22,33H,2-19,21H2,1H3,(H,36,37)(H3,28,30,31,35)/t22-/m1/s1. The maximum atomic E-state index is 12.0. The molecule has 42 heavy (non-hydrogen) atoms. The average molecular weight is 618 g/mol. The molecule has 2 aromatic heterocycles. The summed E-state index contributed by atoms with van der Waals surface area (Å²) in [6.45, 7) is 0.894. The molecule has 5 N–H and O–H groups in total. The summed E-state index contributed by atoms with van der Waals surface area (Å²) in [4.78, 5) is 43.7. The first-order valence-corrected chi connectivity index (χ1v) is 16.4. The first-order valence-electron chi connectivity index (χ1n) is 15.0. The third-order valence-corrected chi connectivity index (χ3v) is 7.54. The van der Waals surface area contributed by atoms with Crippen LogP contribution in [0, 0.1) is 0 Å². The number of nitrogens with two attached hydrogens (primary N) is 1. The zero-order chi connectivity index (χ0) is 30.6. The highest BCUT2D eigenvalue weighted by Gasteiger charge is 2.23. The molecule has 0 bridgehead atoms. The molecule has 14 nitrogen and oxygen atoms in total. The second-order valence-corrected chi connectivity index (χ2v) is 11.8. The summed E-state index contributed by atoms with van der Waals surface area (Å²) in [7, 11) is -4.46. The molecule has 2 atom stereocenters. The number of ether oxygens (including phenoxy) is 2. The molecule has 240 valence electrons. The fraction of sp³-hybridized carbons (Fsp3) is 0.778. The number of aliphatic hydroxyl groups excluding tert-OH is 1. The number of nitrogens with one attached hydrogen (secondary N) is 1. The average Bonchev–Trinajstić information content (AvgIpc) is 3.36. The van der Waals surface area contributed by atoms with Crippen molar-refractivity contribution in [3.05, 3.63) is 16.7 Å². The maximum Gasteiger partial charge on any atom is 0.472 e. The van der Waals surface area contributed by atoms with Gasteiger partial charge in [-0.25, -0.2) is 9.55 Å². The van der Waals surface area contributed by atoms with Gasteiger partial charge >= 0.3 is 13.8 Å². The zero-order valence-electron chi connectivity index (χ0n) is 24.7. The van der Waals surface area contributed by atoms with Crippen molar-refractivity contribution in [1.29, 1.82) is 0 Å². The predicted molar refractivity (Wildman–Crippen MR) is 158 cm³/mol. The van der Waals surface area contributed by atoms with Gasteiger partial charge in [0.15, 0.2) is 11.2 Å². The zero-order valence-corrected chi connectivity index (χ0v) is 25.6. The molecule has 0 aliphatic carbocycles. The number of phosphoric ester groups is 1. The van der Waals surface area contributed by atoms with Crippen molar-refractivity contribution in [3.63, 3.8) is 0 Å². The van der Waals surface area contributed by atoms with Gasteiger partial charge in [0.1, 0.15) is 19.4 Å². The second kappa shape index (κ2) is 20.5. The van der Waals surface area contributed by atoms with E-state index in [0.717, 1.165) is 19.3 Å². The fourth-order valence-electron chi connectivity index (χ4n) is 4.25. The number of imidazole rings is 1. The van der Waals surface area contributed by atoms with Crippen LogP contribution in [0.1, 0.15) is 96.8 Å². The van der Waals surface area contributed by atoms with Gasteiger partial charge in [-0.2, -0.15) is 4.98 Å². The van der Waals surface area contributed by atoms with Crippen LogP contribution in [-0.4, -0.2) is 68.0 Å². The number of aliphatic hydroxyl groups is 1. The molecular formula is C27H48N5O9P. The molecule has 0 radical (unpaired) electrons. The first-order chi connectivity index (χ1) is 20.2. The number of carbonyl (C=O) groups excluding carboxylic acids is 1. The summed E-state index contributed by atoms with van der Waals surface area (Å²) in [5, 5.41) is 9.92. The van der Waals surface area contributed by atoms with Gasteiger partial charge in [-0.3, -0.25) is 28.2 Å². The largest absolute Gasteiger partial charge is 0.472 e. The Labute approximate surface area is 246 Å².